The van der Waals surface area contributed by atoms with Crippen LogP contribution in [0.4, 0.5) is 11.4 Å². The number of benzene rings is 1. The highest BCUT2D eigenvalue weighted by Crippen LogP contribution is 2.34. The van der Waals surface area contributed by atoms with Crippen molar-refractivity contribution in [3.63, 3.8) is 0 Å². The summed E-state index contributed by atoms with van der Waals surface area (Å²) >= 11 is 2.93. The number of thioether (sulfide) groups is 1. The van der Waals surface area contributed by atoms with E-state index in [0.717, 1.165) is 53.8 Å². The molecule has 1 N–H and O–H groups in total. The number of hydrogen-bond donors (Lipinski definition) is 1. The largest absolute Gasteiger partial charge is 0.369 e. The SMILES string of the molecule is C=CCn1c(SCC(=O)Nc2ccc(N(CC)C(C)C)cc2)nc2sc3c(c2c1=O)CCCC3. The predicted octanol–water partition coefficient (Wildman–Crippen LogP) is 5.49. The summed E-state index contributed by atoms with van der Waals surface area (Å²) in [6.07, 6.45) is 5.95. The van der Waals surface area contributed by atoms with Crippen LogP contribution in [0.3, 0.4) is 0 Å². The number of aromatic nitrogens is 2. The third kappa shape index (κ3) is 5.08. The molecular weight excluding hydrogens is 464 g/mol. The molecule has 6 nitrogen and oxygen atoms in total. The van der Waals surface area contributed by atoms with Crippen LogP contribution in [0.1, 0.15) is 44.1 Å². The highest BCUT2D eigenvalue weighted by atomic mass is 32.2. The minimum atomic E-state index is -0.126. The molecule has 34 heavy (non-hydrogen) atoms. The summed E-state index contributed by atoms with van der Waals surface area (Å²) in [6, 6.07) is 8.33. The minimum absolute atomic E-state index is 0.0200. The molecule has 0 atom stereocenters. The van der Waals surface area contributed by atoms with Crippen LogP contribution in [0.2, 0.25) is 0 Å². The molecule has 0 spiro atoms. The van der Waals surface area contributed by atoms with Gasteiger partial charge in [-0.3, -0.25) is 14.2 Å². The predicted molar refractivity (Wildman–Crippen MR) is 145 cm³/mol. The number of nitrogens with one attached hydrogen (secondary N) is 1. The van der Waals surface area contributed by atoms with Crippen LogP contribution in [-0.4, -0.2) is 33.8 Å². The number of nitrogens with zero attached hydrogens (tertiary/aromatic N) is 3. The Labute approximate surface area is 209 Å². The summed E-state index contributed by atoms with van der Waals surface area (Å²) in [5.74, 6) is 0.0496. The van der Waals surface area contributed by atoms with Crippen molar-refractivity contribution in [2.45, 2.75) is 64.2 Å². The van der Waals surface area contributed by atoms with Crippen molar-refractivity contribution < 1.29 is 4.79 Å². The molecule has 3 aromatic rings. The van der Waals surface area contributed by atoms with E-state index in [0.29, 0.717) is 17.7 Å². The van der Waals surface area contributed by atoms with Crippen LogP contribution < -0.4 is 15.8 Å². The van der Waals surface area contributed by atoms with E-state index in [4.69, 9.17) is 4.98 Å². The third-order valence-corrected chi connectivity index (χ3v) is 8.29. The average Bonchev–Trinajstić information content (AvgIpc) is 3.20. The zero-order chi connectivity index (χ0) is 24.2. The number of hydrogen-bond acceptors (Lipinski definition) is 6. The fourth-order valence-corrected chi connectivity index (χ4v) is 6.64. The number of rotatable bonds is 9. The molecule has 2 aromatic heterocycles. The molecule has 0 unspecified atom stereocenters. The van der Waals surface area contributed by atoms with E-state index in [2.05, 4.69) is 37.6 Å². The zero-order valence-corrected chi connectivity index (χ0v) is 21.7. The second-order valence-corrected chi connectivity index (χ2v) is 10.8. The van der Waals surface area contributed by atoms with Gasteiger partial charge in [-0.25, -0.2) is 4.98 Å². The molecule has 0 saturated heterocycles. The molecule has 1 aliphatic carbocycles. The van der Waals surface area contributed by atoms with Crippen molar-refractivity contribution in [3.8, 4) is 0 Å². The summed E-state index contributed by atoms with van der Waals surface area (Å²) in [5.41, 5.74) is 3.05. The molecule has 8 heteroatoms. The topological polar surface area (TPSA) is 67.2 Å². The van der Waals surface area contributed by atoms with Crippen LogP contribution in [0, 0.1) is 0 Å². The van der Waals surface area contributed by atoms with Crippen molar-refractivity contribution in [2.24, 2.45) is 0 Å². The van der Waals surface area contributed by atoms with Gasteiger partial charge >= 0.3 is 0 Å². The van der Waals surface area contributed by atoms with Gasteiger partial charge in [-0.2, -0.15) is 0 Å². The number of carbonyl (C=O) groups is 1. The van der Waals surface area contributed by atoms with Crippen LogP contribution in [0.25, 0.3) is 10.2 Å². The van der Waals surface area contributed by atoms with Gasteiger partial charge in [0.2, 0.25) is 5.91 Å². The van der Waals surface area contributed by atoms with Crippen molar-refractivity contribution in [1.82, 2.24) is 9.55 Å². The zero-order valence-electron chi connectivity index (χ0n) is 20.1. The van der Waals surface area contributed by atoms with Gasteiger partial charge in [-0.1, -0.05) is 17.8 Å². The van der Waals surface area contributed by atoms with E-state index in [1.54, 1.807) is 22.0 Å². The highest BCUT2D eigenvalue weighted by molar-refractivity contribution is 7.99. The third-order valence-electron chi connectivity index (χ3n) is 6.13. The van der Waals surface area contributed by atoms with Gasteiger partial charge in [0.15, 0.2) is 5.16 Å². The Kier molecular flexibility index (Phi) is 7.78. The van der Waals surface area contributed by atoms with E-state index >= 15 is 0 Å². The maximum atomic E-state index is 13.3. The molecule has 2 heterocycles. The Morgan fingerprint density at radius 3 is 2.71 bits per heavy atom. The Morgan fingerprint density at radius 1 is 1.29 bits per heavy atom. The lowest BCUT2D eigenvalue weighted by atomic mass is 9.97. The van der Waals surface area contributed by atoms with Gasteiger partial charge < -0.3 is 10.2 Å². The van der Waals surface area contributed by atoms with E-state index in [9.17, 15) is 9.59 Å². The van der Waals surface area contributed by atoms with E-state index in [1.807, 2.05) is 24.3 Å². The first-order valence-corrected chi connectivity index (χ1v) is 13.7. The summed E-state index contributed by atoms with van der Waals surface area (Å²) in [6.45, 7) is 11.6. The molecule has 0 bridgehead atoms. The average molecular weight is 497 g/mol. The van der Waals surface area contributed by atoms with Gasteiger partial charge in [0.05, 0.1) is 11.1 Å². The number of amides is 1. The molecule has 0 fully saturated rings. The number of allylic oxidation sites excluding steroid dienone is 1. The summed E-state index contributed by atoms with van der Waals surface area (Å²) in [4.78, 5) is 35.2. The van der Waals surface area contributed by atoms with Gasteiger partial charge in [0.25, 0.3) is 5.56 Å². The van der Waals surface area contributed by atoms with Crippen molar-refractivity contribution in [2.75, 3.05) is 22.5 Å². The van der Waals surface area contributed by atoms with Gasteiger partial charge in [0.1, 0.15) is 4.83 Å². The maximum Gasteiger partial charge on any atom is 0.263 e. The Hall–Kier alpha value is -2.58. The minimum Gasteiger partial charge on any atom is -0.369 e. The normalized spacial score (nSPS) is 13.2. The first kappa shape index (κ1) is 24.5. The van der Waals surface area contributed by atoms with Crippen LogP contribution >= 0.6 is 23.1 Å². The number of thiophene rings is 1. The van der Waals surface area contributed by atoms with Crippen LogP contribution in [0.5, 0.6) is 0 Å². The van der Waals surface area contributed by atoms with Crippen molar-refractivity contribution in [1.29, 1.82) is 0 Å². The fourth-order valence-electron chi connectivity index (χ4n) is 4.53. The monoisotopic (exact) mass is 496 g/mol. The standard InChI is InChI=1S/C26H32N4O2S2/c1-5-15-30-25(32)23-20-9-7-8-10-21(20)34-24(23)28-26(30)33-16-22(31)27-18-11-13-19(14-12-18)29(6-2)17(3)4/h5,11-14,17H,1,6-10,15-16H2,2-4H3,(H,27,31). The van der Waals surface area contributed by atoms with E-state index in [1.165, 1.54) is 22.2 Å². The van der Waals surface area contributed by atoms with Gasteiger partial charge in [-0.15, -0.1) is 17.9 Å². The highest BCUT2D eigenvalue weighted by Gasteiger charge is 2.22. The molecule has 180 valence electrons. The van der Waals surface area contributed by atoms with Crippen molar-refractivity contribution >= 4 is 50.6 Å². The summed E-state index contributed by atoms with van der Waals surface area (Å²) < 4.78 is 1.65. The Balaban J connectivity index is 1.49. The van der Waals surface area contributed by atoms with Gasteiger partial charge in [-0.05, 0) is 76.3 Å². The molecule has 1 amide bonds. The molecule has 0 radical (unpaired) electrons. The first-order valence-electron chi connectivity index (χ1n) is 11.9. The molecule has 0 aliphatic heterocycles. The molecular formula is C26H32N4O2S2. The number of aryl methyl sites for hydroxylation is 2. The smallest absolute Gasteiger partial charge is 0.263 e. The number of fused-ring (bicyclic) bond motifs is 3. The molecule has 4 rings (SSSR count). The van der Waals surface area contributed by atoms with Crippen molar-refractivity contribution in [3.05, 3.63) is 57.7 Å². The molecule has 1 aliphatic rings. The van der Waals surface area contributed by atoms with Crippen LogP contribution in [-0.2, 0) is 24.2 Å². The lowest BCUT2D eigenvalue weighted by molar-refractivity contribution is -0.113. The molecule has 0 saturated carbocycles. The summed E-state index contributed by atoms with van der Waals surface area (Å²) in [5, 5.41) is 4.29. The number of anilines is 2. The lowest BCUT2D eigenvalue weighted by Gasteiger charge is -2.27. The molecule has 1 aromatic carbocycles. The van der Waals surface area contributed by atoms with E-state index < -0.39 is 0 Å². The Bertz CT molecular complexity index is 1240. The maximum absolute atomic E-state index is 13.3. The summed E-state index contributed by atoms with van der Waals surface area (Å²) in [7, 11) is 0. The van der Waals surface area contributed by atoms with Crippen LogP contribution in [0.15, 0.2) is 46.9 Å². The number of carbonyl (C=O) groups excluding carboxylic acids is 1. The Morgan fingerprint density at radius 2 is 2.03 bits per heavy atom. The lowest BCUT2D eigenvalue weighted by Crippen LogP contribution is -2.30. The van der Waals surface area contributed by atoms with Gasteiger partial charge in [0, 0.05) is 35.4 Å². The fraction of sp³-hybridized carbons (Fsp3) is 0.423. The second-order valence-electron chi connectivity index (χ2n) is 8.75. The quantitative estimate of drug-likeness (QED) is 0.241. The second kappa shape index (κ2) is 10.8. The van der Waals surface area contributed by atoms with E-state index in [-0.39, 0.29) is 17.2 Å². The first-order chi connectivity index (χ1) is 16.4.